The highest BCUT2D eigenvalue weighted by Crippen LogP contribution is 2.30. The van der Waals surface area contributed by atoms with Crippen LogP contribution in [0.15, 0.2) is 77.6 Å². The normalized spacial score (nSPS) is 11.2. The molecule has 6 nitrogen and oxygen atoms in total. The molecule has 5 aromatic rings. The van der Waals surface area contributed by atoms with Crippen LogP contribution >= 0.6 is 0 Å². The SMILES string of the molecule is c1ccc(CNc2ccnc3c(-c4cc5ccccc5o4)cnn23)nc1. The number of fused-ring (bicyclic) bond motifs is 2. The molecule has 0 spiro atoms. The Bertz CT molecular complexity index is 1160. The summed E-state index contributed by atoms with van der Waals surface area (Å²) in [5.74, 6) is 1.61. The highest BCUT2D eigenvalue weighted by Gasteiger charge is 2.14. The first-order chi connectivity index (χ1) is 12.9. The quantitative estimate of drug-likeness (QED) is 0.532. The highest BCUT2D eigenvalue weighted by atomic mass is 16.3. The molecule has 26 heavy (non-hydrogen) atoms. The van der Waals surface area contributed by atoms with Crippen molar-refractivity contribution in [2.45, 2.75) is 6.54 Å². The molecule has 0 fully saturated rings. The van der Waals surface area contributed by atoms with Gasteiger partial charge in [0.15, 0.2) is 5.65 Å². The van der Waals surface area contributed by atoms with Gasteiger partial charge in [-0.05, 0) is 30.3 Å². The van der Waals surface area contributed by atoms with Crippen LogP contribution in [0.4, 0.5) is 5.82 Å². The Morgan fingerprint density at radius 2 is 1.88 bits per heavy atom. The number of anilines is 1. The van der Waals surface area contributed by atoms with Crippen LogP contribution in [-0.2, 0) is 6.54 Å². The maximum Gasteiger partial charge on any atom is 0.168 e. The predicted molar refractivity (Wildman–Crippen MR) is 99.8 cm³/mol. The van der Waals surface area contributed by atoms with Crippen molar-refractivity contribution in [2.75, 3.05) is 5.32 Å². The molecule has 6 heteroatoms. The first-order valence-electron chi connectivity index (χ1n) is 8.34. The van der Waals surface area contributed by atoms with E-state index in [4.69, 9.17) is 4.42 Å². The van der Waals surface area contributed by atoms with E-state index in [-0.39, 0.29) is 0 Å². The fourth-order valence-electron chi connectivity index (χ4n) is 3.00. The van der Waals surface area contributed by atoms with Gasteiger partial charge in [0.25, 0.3) is 0 Å². The Hall–Kier alpha value is -3.67. The summed E-state index contributed by atoms with van der Waals surface area (Å²) in [5.41, 5.74) is 3.42. The molecular formula is C20H15N5O. The van der Waals surface area contributed by atoms with Crippen molar-refractivity contribution in [3.8, 4) is 11.3 Å². The van der Waals surface area contributed by atoms with Gasteiger partial charge in [-0.25, -0.2) is 4.98 Å². The molecule has 0 bridgehead atoms. The van der Waals surface area contributed by atoms with Gasteiger partial charge in [0.1, 0.15) is 17.2 Å². The van der Waals surface area contributed by atoms with Crippen LogP contribution in [0.5, 0.6) is 0 Å². The van der Waals surface area contributed by atoms with Crippen LogP contribution < -0.4 is 5.32 Å². The monoisotopic (exact) mass is 341 g/mol. The van der Waals surface area contributed by atoms with Crippen LogP contribution in [0.2, 0.25) is 0 Å². The molecule has 0 amide bonds. The number of aromatic nitrogens is 4. The molecule has 0 aliphatic heterocycles. The number of benzene rings is 1. The second-order valence-corrected chi connectivity index (χ2v) is 5.95. The van der Waals surface area contributed by atoms with Gasteiger partial charge in [-0.2, -0.15) is 9.61 Å². The highest BCUT2D eigenvalue weighted by molar-refractivity contribution is 5.86. The molecule has 0 saturated carbocycles. The number of hydrogen-bond donors (Lipinski definition) is 1. The fraction of sp³-hybridized carbons (Fsp3) is 0.0500. The van der Waals surface area contributed by atoms with E-state index in [0.29, 0.717) is 6.54 Å². The van der Waals surface area contributed by atoms with Gasteiger partial charge >= 0.3 is 0 Å². The van der Waals surface area contributed by atoms with Gasteiger partial charge in [-0.1, -0.05) is 24.3 Å². The average Bonchev–Trinajstić information content (AvgIpc) is 3.31. The second-order valence-electron chi connectivity index (χ2n) is 5.95. The van der Waals surface area contributed by atoms with Crippen molar-refractivity contribution in [1.82, 2.24) is 19.6 Å². The number of rotatable bonds is 4. The van der Waals surface area contributed by atoms with E-state index in [9.17, 15) is 0 Å². The Morgan fingerprint density at radius 1 is 0.962 bits per heavy atom. The molecule has 0 aliphatic rings. The zero-order valence-corrected chi connectivity index (χ0v) is 13.8. The predicted octanol–water partition coefficient (Wildman–Crippen LogP) is 4.15. The van der Waals surface area contributed by atoms with Gasteiger partial charge in [-0.15, -0.1) is 0 Å². The van der Waals surface area contributed by atoms with Crippen molar-refractivity contribution in [1.29, 1.82) is 0 Å². The minimum Gasteiger partial charge on any atom is -0.456 e. The summed E-state index contributed by atoms with van der Waals surface area (Å²) < 4.78 is 7.75. The molecule has 0 atom stereocenters. The largest absolute Gasteiger partial charge is 0.456 e. The number of pyridine rings is 1. The minimum atomic E-state index is 0.611. The van der Waals surface area contributed by atoms with E-state index in [1.807, 2.05) is 54.6 Å². The molecule has 0 radical (unpaired) electrons. The third-order valence-electron chi connectivity index (χ3n) is 4.27. The summed E-state index contributed by atoms with van der Waals surface area (Å²) >= 11 is 0. The molecule has 0 saturated heterocycles. The van der Waals surface area contributed by atoms with E-state index < -0.39 is 0 Å². The van der Waals surface area contributed by atoms with Gasteiger partial charge in [-0.3, -0.25) is 4.98 Å². The van der Waals surface area contributed by atoms with Crippen molar-refractivity contribution in [3.05, 3.63) is 78.9 Å². The molecule has 0 aliphatic carbocycles. The Balaban J connectivity index is 1.52. The minimum absolute atomic E-state index is 0.611. The maximum absolute atomic E-state index is 5.97. The van der Waals surface area contributed by atoms with Crippen molar-refractivity contribution in [2.24, 2.45) is 0 Å². The molecule has 4 aromatic heterocycles. The third-order valence-corrected chi connectivity index (χ3v) is 4.27. The molecule has 5 rings (SSSR count). The number of para-hydroxylation sites is 1. The second kappa shape index (κ2) is 6.00. The zero-order valence-electron chi connectivity index (χ0n) is 13.8. The molecular weight excluding hydrogens is 326 g/mol. The summed E-state index contributed by atoms with van der Waals surface area (Å²) in [6.07, 6.45) is 5.34. The van der Waals surface area contributed by atoms with Crippen molar-refractivity contribution >= 4 is 22.4 Å². The standard InChI is InChI=1S/C20H15N5O/c1-2-7-17-14(5-1)11-18(26-17)16-13-24-25-19(8-10-22-20(16)25)23-12-15-6-3-4-9-21-15/h1-11,13,23H,12H2. The lowest BCUT2D eigenvalue weighted by atomic mass is 10.2. The number of nitrogens with one attached hydrogen (secondary N) is 1. The summed E-state index contributed by atoms with van der Waals surface area (Å²) in [7, 11) is 0. The van der Waals surface area contributed by atoms with Crippen LogP contribution in [0, 0.1) is 0 Å². The maximum atomic E-state index is 5.97. The Kier molecular flexibility index (Phi) is 3.38. The number of furan rings is 1. The van der Waals surface area contributed by atoms with Gasteiger partial charge < -0.3 is 9.73 Å². The van der Waals surface area contributed by atoms with E-state index in [1.54, 1.807) is 23.1 Å². The van der Waals surface area contributed by atoms with Gasteiger partial charge in [0, 0.05) is 17.8 Å². The number of nitrogens with zero attached hydrogens (tertiary/aromatic N) is 4. The summed E-state index contributed by atoms with van der Waals surface area (Å²) in [4.78, 5) is 8.82. The van der Waals surface area contributed by atoms with Gasteiger partial charge in [0.2, 0.25) is 0 Å². The first kappa shape index (κ1) is 14.7. The third kappa shape index (κ3) is 2.48. The van der Waals surface area contributed by atoms with Crippen LogP contribution in [0.1, 0.15) is 5.69 Å². The lowest BCUT2D eigenvalue weighted by Gasteiger charge is -2.07. The van der Waals surface area contributed by atoms with E-state index >= 15 is 0 Å². The van der Waals surface area contributed by atoms with Crippen LogP contribution in [-0.4, -0.2) is 19.6 Å². The van der Waals surface area contributed by atoms with Crippen molar-refractivity contribution < 1.29 is 4.42 Å². The summed E-state index contributed by atoms with van der Waals surface area (Å²) in [5, 5.41) is 8.91. The van der Waals surface area contributed by atoms with Crippen LogP contribution in [0.3, 0.4) is 0 Å². The zero-order chi connectivity index (χ0) is 17.3. The Labute approximate surface area is 149 Å². The van der Waals surface area contributed by atoms with Crippen molar-refractivity contribution in [3.63, 3.8) is 0 Å². The summed E-state index contributed by atoms with van der Waals surface area (Å²) in [6, 6.07) is 17.7. The molecule has 126 valence electrons. The molecule has 1 N–H and O–H groups in total. The summed E-state index contributed by atoms with van der Waals surface area (Å²) in [6.45, 7) is 0.611. The smallest absolute Gasteiger partial charge is 0.168 e. The lowest BCUT2D eigenvalue weighted by molar-refractivity contribution is 0.632. The van der Waals surface area contributed by atoms with E-state index in [2.05, 4.69) is 20.4 Å². The van der Waals surface area contributed by atoms with E-state index in [0.717, 1.165) is 39.5 Å². The lowest BCUT2D eigenvalue weighted by Crippen LogP contribution is -2.06. The van der Waals surface area contributed by atoms with Gasteiger partial charge in [0.05, 0.1) is 24.0 Å². The van der Waals surface area contributed by atoms with E-state index in [1.165, 1.54) is 0 Å². The number of hydrogen-bond acceptors (Lipinski definition) is 5. The average molecular weight is 341 g/mol. The first-order valence-corrected chi connectivity index (χ1v) is 8.34. The topological polar surface area (TPSA) is 68.2 Å². The molecule has 4 heterocycles. The molecule has 1 aromatic carbocycles. The Morgan fingerprint density at radius 3 is 2.77 bits per heavy atom. The fourth-order valence-corrected chi connectivity index (χ4v) is 3.00. The molecule has 0 unspecified atom stereocenters. The van der Waals surface area contributed by atoms with Crippen LogP contribution in [0.25, 0.3) is 27.9 Å².